The van der Waals surface area contributed by atoms with E-state index in [0.29, 0.717) is 18.0 Å². The minimum absolute atomic E-state index is 0.0799. The van der Waals surface area contributed by atoms with Gasteiger partial charge in [-0.3, -0.25) is 0 Å². The summed E-state index contributed by atoms with van der Waals surface area (Å²) in [6.45, 7) is 6.09. The summed E-state index contributed by atoms with van der Waals surface area (Å²) in [5.74, 6) is -0.302. The number of β-amino-alcohol motifs (C(OH)–C–C–N with tert-alkyl or cyclic N) is 1. The number of nitrogens with one attached hydrogen (secondary N) is 1. The van der Waals surface area contributed by atoms with Crippen molar-refractivity contribution in [3.63, 3.8) is 0 Å². The van der Waals surface area contributed by atoms with Crippen LogP contribution in [0, 0.1) is 0 Å². The van der Waals surface area contributed by atoms with Gasteiger partial charge in [0.15, 0.2) is 18.1 Å². The molecule has 0 aliphatic carbocycles. The van der Waals surface area contributed by atoms with E-state index in [1.807, 2.05) is 20.8 Å². The zero-order valence-corrected chi connectivity index (χ0v) is 12.6. The molecule has 0 amide bonds. The lowest BCUT2D eigenvalue weighted by Gasteiger charge is -2.23. The lowest BCUT2D eigenvalue weighted by molar-refractivity contribution is -0.139. The molecule has 0 aromatic heterocycles. The highest BCUT2D eigenvalue weighted by Gasteiger charge is 2.13. The van der Waals surface area contributed by atoms with E-state index in [2.05, 4.69) is 5.32 Å². The third-order valence-corrected chi connectivity index (χ3v) is 2.50. The number of carboxylic acid groups (broad SMARTS) is 1. The Morgan fingerprint density at radius 2 is 1.81 bits per heavy atom. The van der Waals surface area contributed by atoms with Gasteiger partial charge in [-0.15, -0.1) is 0 Å². The van der Waals surface area contributed by atoms with Gasteiger partial charge in [0.2, 0.25) is 0 Å². The van der Waals surface area contributed by atoms with Crippen molar-refractivity contribution < 1.29 is 24.5 Å². The number of benzene rings is 1. The van der Waals surface area contributed by atoms with Crippen LogP contribution in [-0.4, -0.2) is 47.6 Å². The van der Waals surface area contributed by atoms with E-state index in [1.165, 1.54) is 0 Å². The largest absolute Gasteiger partial charge is 0.487 e. The van der Waals surface area contributed by atoms with E-state index in [1.54, 1.807) is 24.3 Å². The van der Waals surface area contributed by atoms with Crippen LogP contribution in [0.1, 0.15) is 20.8 Å². The fraction of sp³-hybridized carbons (Fsp3) is 0.533. The van der Waals surface area contributed by atoms with Crippen LogP contribution in [-0.2, 0) is 4.79 Å². The summed E-state index contributed by atoms with van der Waals surface area (Å²) in [5, 5.41) is 21.6. The monoisotopic (exact) mass is 297 g/mol. The van der Waals surface area contributed by atoms with E-state index in [-0.39, 0.29) is 12.1 Å². The summed E-state index contributed by atoms with van der Waals surface area (Å²) in [5.41, 5.74) is -0.0799. The molecule has 1 aromatic carbocycles. The molecule has 21 heavy (non-hydrogen) atoms. The number of aliphatic hydroxyl groups excluding tert-OH is 1. The van der Waals surface area contributed by atoms with Crippen LogP contribution in [0.15, 0.2) is 24.3 Å². The van der Waals surface area contributed by atoms with Crippen molar-refractivity contribution in [3.05, 3.63) is 24.3 Å². The van der Waals surface area contributed by atoms with E-state index in [4.69, 9.17) is 14.6 Å². The third-order valence-electron chi connectivity index (χ3n) is 2.50. The molecule has 3 N–H and O–H groups in total. The third kappa shape index (κ3) is 7.53. The van der Waals surface area contributed by atoms with Gasteiger partial charge < -0.3 is 25.0 Å². The van der Waals surface area contributed by atoms with Gasteiger partial charge in [0, 0.05) is 12.1 Å². The fourth-order valence-electron chi connectivity index (χ4n) is 1.50. The molecule has 0 saturated heterocycles. The lowest BCUT2D eigenvalue weighted by Crippen LogP contribution is -2.42. The molecule has 0 aliphatic rings. The molecule has 6 heteroatoms. The number of rotatable bonds is 8. The highest BCUT2D eigenvalue weighted by molar-refractivity contribution is 5.68. The van der Waals surface area contributed by atoms with E-state index in [9.17, 15) is 9.90 Å². The smallest absolute Gasteiger partial charge is 0.341 e. The second-order valence-electron chi connectivity index (χ2n) is 5.72. The van der Waals surface area contributed by atoms with Gasteiger partial charge in [-0.2, -0.15) is 0 Å². The van der Waals surface area contributed by atoms with Crippen LogP contribution < -0.4 is 14.8 Å². The van der Waals surface area contributed by atoms with Gasteiger partial charge in [0.25, 0.3) is 0 Å². The second kappa shape index (κ2) is 7.85. The molecule has 0 heterocycles. The first-order chi connectivity index (χ1) is 9.78. The first-order valence-electron chi connectivity index (χ1n) is 6.77. The molecule has 1 aromatic rings. The van der Waals surface area contributed by atoms with Crippen molar-refractivity contribution in [2.45, 2.75) is 32.4 Å². The minimum Gasteiger partial charge on any atom is -0.487 e. The Morgan fingerprint density at radius 3 is 2.33 bits per heavy atom. The van der Waals surface area contributed by atoms with E-state index in [0.717, 1.165) is 0 Å². The van der Waals surface area contributed by atoms with Gasteiger partial charge in [-0.25, -0.2) is 4.79 Å². The maximum Gasteiger partial charge on any atom is 0.341 e. The Balaban J connectivity index is 2.49. The number of para-hydroxylation sites is 2. The number of hydrogen-bond donors (Lipinski definition) is 3. The molecule has 1 unspecified atom stereocenters. The Labute approximate surface area is 124 Å². The lowest BCUT2D eigenvalue weighted by atomic mass is 10.1. The summed E-state index contributed by atoms with van der Waals surface area (Å²) >= 11 is 0. The van der Waals surface area contributed by atoms with Crippen LogP contribution in [0.2, 0.25) is 0 Å². The van der Waals surface area contributed by atoms with Crippen LogP contribution in [0.3, 0.4) is 0 Å². The molecule has 0 bridgehead atoms. The summed E-state index contributed by atoms with van der Waals surface area (Å²) in [7, 11) is 0. The summed E-state index contributed by atoms with van der Waals surface area (Å²) in [6.07, 6.45) is -0.670. The SMILES string of the molecule is CC(C)(C)NCC(O)COc1ccccc1OCC(=O)O. The Hall–Kier alpha value is -1.79. The summed E-state index contributed by atoms with van der Waals surface area (Å²) in [6, 6.07) is 6.77. The number of hydrogen-bond acceptors (Lipinski definition) is 5. The Kier molecular flexibility index (Phi) is 6.45. The molecule has 0 aliphatic heterocycles. The topological polar surface area (TPSA) is 88.0 Å². The van der Waals surface area contributed by atoms with Gasteiger partial charge in [-0.1, -0.05) is 12.1 Å². The molecule has 0 fully saturated rings. The Morgan fingerprint density at radius 1 is 1.24 bits per heavy atom. The minimum atomic E-state index is -1.06. The van der Waals surface area contributed by atoms with Gasteiger partial charge in [0.05, 0.1) is 0 Å². The van der Waals surface area contributed by atoms with Crippen LogP contribution in [0.4, 0.5) is 0 Å². The van der Waals surface area contributed by atoms with Crippen molar-refractivity contribution in [1.82, 2.24) is 5.32 Å². The maximum atomic E-state index is 10.5. The van der Waals surface area contributed by atoms with E-state index >= 15 is 0 Å². The zero-order valence-electron chi connectivity index (χ0n) is 12.6. The summed E-state index contributed by atoms with van der Waals surface area (Å²) < 4.78 is 10.6. The van der Waals surface area contributed by atoms with Crippen LogP contribution in [0.5, 0.6) is 11.5 Å². The van der Waals surface area contributed by atoms with Crippen LogP contribution >= 0.6 is 0 Å². The molecule has 118 valence electrons. The van der Waals surface area contributed by atoms with Crippen LogP contribution in [0.25, 0.3) is 0 Å². The average Bonchev–Trinajstić information content (AvgIpc) is 2.40. The average molecular weight is 297 g/mol. The fourth-order valence-corrected chi connectivity index (χ4v) is 1.50. The molecule has 1 rings (SSSR count). The summed E-state index contributed by atoms with van der Waals surface area (Å²) in [4.78, 5) is 10.5. The normalized spacial score (nSPS) is 12.8. The highest BCUT2D eigenvalue weighted by atomic mass is 16.5. The number of carboxylic acids is 1. The maximum absolute atomic E-state index is 10.5. The molecular weight excluding hydrogens is 274 g/mol. The first-order valence-corrected chi connectivity index (χ1v) is 6.77. The molecule has 1 atom stereocenters. The van der Waals surface area contributed by atoms with E-state index < -0.39 is 18.7 Å². The molecule has 0 saturated carbocycles. The van der Waals surface area contributed by atoms with Crippen molar-refractivity contribution in [2.24, 2.45) is 0 Å². The Bertz CT molecular complexity index is 456. The van der Waals surface area contributed by atoms with Crippen molar-refractivity contribution in [1.29, 1.82) is 0 Å². The molecular formula is C15H23NO5. The van der Waals surface area contributed by atoms with Gasteiger partial charge in [0.1, 0.15) is 12.7 Å². The second-order valence-corrected chi connectivity index (χ2v) is 5.72. The standard InChI is InChI=1S/C15H23NO5/c1-15(2,3)16-8-11(17)9-20-12-6-4-5-7-13(12)21-10-14(18)19/h4-7,11,16-17H,8-10H2,1-3H3,(H,18,19). The number of ether oxygens (including phenoxy) is 2. The predicted molar refractivity (Wildman–Crippen MR) is 78.8 cm³/mol. The number of aliphatic carboxylic acids is 1. The van der Waals surface area contributed by atoms with Crippen molar-refractivity contribution >= 4 is 5.97 Å². The molecule has 0 spiro atoms. The number of aliphatic hydroxyl groups is 1. The van der Waals surface area contributed by atoms with Crippen molar-refractivity contribution in [3.8, 4) is 11.5 Å². The first kappa shape index (κ1) is 17.3. The predicted octanol–water partition coefficient (Wildman–Crippen LogP) is 1.28. The quantitative estimate of drug-likeness (QED) is 0.670. The molecule has 6 nitrogen and oxygen atoms in total. The van der Waals surface area contributed by atoms with Gasteiger partial charge >= 0.3 is 5.97 Å². The highest BCUT2D eigenvalue weighted by Crippen LogP contribution is 2.26. The van der Waals surface area contributed by atoms with Crippen molar-refractivity contribution in [2.75, 3.05) is 19.8 Å². The number of carbonyl (C=O) groups is 1. The molecule has 0 radical (unpaired) electrons. The van der Waals surface area contributed by atoms with Gasteiger partial charge in [-0.05, 0) is 32.9 Å². The zero-order chi connectivity index (χ0) is 15.9.